The Labute approximate surface area is 295 Å². The van der Waals surface area contributed by atoms with Crippen molar-refractivity contribution in [2.45, 2.75) is 89.9 Å². The van der Waals surface area contributed by atoms with E-state index in [0.29, 0.717) is 6.42 Å². The summed E-state index contributed by atoms with van der Waals surface area (Å²) < 4.78 is 41.5. The average Bonchev–Trinajstić information content (AvgIpc) is 3.08. The summed E-state index contributed by atoms with van der Waals surface area (Å²) in [5.74, 6) is -3.16. The van der Waals surface area contributed by atoms with Gasteiger partial charge < -0.3 is 28.6 Å². The number of halogens is 1. The second-order valence-electron chi connectivity index (χ2n) is 12.8. The van der Waals surface area contributed by atoms with Crippen LogP contribution in [0, 0.1) is 11.7 Å². The van der Waals surface area contributed by atoms with Crippen LogP contribution >= 0.6 is 0 Å². The summed E-state index contributed by atoms with van der Waals surface area (Å²) in [4.78, 5) is 63.6. The summed E-state index contributed by atoms with van der Waals surface area (Å²) >= 11 is 0. The molecule has 0 aliphatic carbocycles. The van der Waals surface area contributed by atoms with E-state index in [9.17, 15) is 28.4 Å². The highest BCUT2D eigenvalue weighted by atomic mass is 19.1. The molecule has 0 bridgehead atoms. The fraction of sp³-hybridized carbons (Fsp3) is 0.410. The number of ether oxygens (including phenoxy) is 5. The van der Waals surface area contributed by atoms with Gasteiger partial charge in [-0.25, -0.2) is 4.39 Å². The molecule has 51 heavy (non-hydrogen) atoms. The molecule has 3 aromatic rings. The molecular weight excluding hydrogens is 661 g/mol. The van der Waals surface area contributed by atoms with Gasteiger partial charge in [0.15, 0.2) is 18.3 Å². The van der Waals surface area contributed by atoms with Gasteiger partial charge in [0.1, 0.15) is 24.6 Å². The predicted molar refractivity (Wildman–Crippen MR) is 182 cm³/mol. The minimum Gasteiger partial charge on any atom is -0.463 e. The van der Waals surface area contributed by atoms with Gasteiger partial charge in [-0.1, -0.05) is 54.6 Å². The molecule has 2 saturated heterocycles. The van der Waals surface area contributed by atoms with Crippen molar-refractivity contribution in [3.8, 4) is 0 Å². The standard InChI is InChI=1S/C39H42FNO10/c1-23(42)47-22-34-37(49-25(3)44)38(50-26(4)45)36(48-24(2)43)33(51-34)21-28-13-17-29(18-14-28)35-32(12-8-9-27-15-19-30(40)20-16-27)39(46)41(35)31-10-6-5-7-11-31/h5-7,10-11,13-20,32-38H,8-9,12,21-22H2,1-4H3. The average molecular weight is 704 g/mol. The third-order valence-electron chi connectivity index (χ3n) is 8.99. The maximum atomic E-state index is 13.5. The van der Waals surface area contributed by atoms with Crippen molar-refractivity contribution in [2.24, 2.45) is 5.92 Å². The first kappa shape index (κ1) is 37.2. The van der Waals surface area contributed by atoms with Gasteiger partial charge in [-0.05, 0) is 60.2 Å². The van der Waals surface area contributed by atoms with Gasteiger partial charge in [-0.3, -0.25) is 24.0 Å². The minimum atomic E-state index is -1.25. The molecule has 0 spiro atoms. The number of carbonyl (C=O) groups excluding carboxylic acids is 5. The van der Waals surface area contributed by atoms with Crippen LogP contribution in [-0.4, -0.2) is 66.9 Å². The van der Waals surface area contributed by atoms with Crippen LogP contribution < -0.4 is 4.90 Å². The van der Waals surface area contributed by atoms with E-state index in [-0.39, 0.29) is 36.7 Å². The lowest BCUT2D eigenvalue weighted by molar-refractivity contribution is -0.252. The molecule has 2 heterocycles. The quantitative estimate of drug-likeness (QED) is 0.133. The second-order valence-corrected chi connectivity index (χ2v) is 12.8. The summed E-state index contributed by atoms with van der Waals surface area (Å²) in [6, 6.07) is 23.3. The Morgan fingerprint density at radius 1 is 0.706 bits per heavy atom. The summed E-state index contributed by atoms with van der Waals surface area (Å²) in [7, 11) is 0. The molecule has 2 aliphatic rings. The van der Waals surface area contributed by atoms with Gasteiger partial charge in [0.05, 0.1) is 12.0 Å². The monoisotopic (exact) mass is 703 g/mol. The van der Waals surface area contributed by atoms with Crippen LogP contribution in [0.15, 0.2) is 78.9 Å². The van der Waals surface area contributed by atoms with Gasteiger partial charge in [-0.2, -0.15) is 0 Å². The van der Waals surface area contributed by atoms with E-state index in [1.807, 2.05) is 54.6 Å². The molecular formula is C39H42FNO10. The number of nitrogens with zero attached hydrogens (tertiary/aromatic N) is 1. The molecule has 0 N–H and O–H groups in total. The Morgan fingerprint density at radius 3 is 1.86 bits per heavy atom. The predicted octanol–water partition coefficient (Wildman–Crippen LogP) is 5.22. The van der Waals surface area contributed by atoms with Crippen molar-refractivity contribution >= 4 is 35.5 Å². The highest BCUT2D eigenvalue weighted by Gasteiger charge is 2.52. The number of hydrogen-bond donors (Lipinski definition) is 0. The molecule has 2 fully saturated rings. The zero-order valence-electron chi connectivity index (χ0n) is 29.0. The zero-order chi connectivity index (χ0) is 36.7. The van der Waals surface area contributed by atoms with Crippen molar-refractivity contribution in [3.63, 3.8) is 0 Å². The molecule has 5 rings (SSSR count). The van der Waals surface area contributed by atoms with E-state index in [1.54, 1.807) is 17.0 Å². The first-order chi connectivity index (χ1) is 24.4. The van der Waals surface area contributed by atoms with E-state index in [0.717, 1.165) is 35.2 Å². The van der Waals surface area contributed by atoms with Gasteiger partial charge in [0.25, 0.3) is 0 Å². The third-order valence-corrected chi connectivity index (χ3v) is 8.99. The number of aryl methyl sites for hydroxylation is 1. The van der Waals surface area contributed by atoms with Crippen molar-refractivity contribution in [1.82, 2.24) is 0 Å². The smallest absolute Gasteiger partial charge is 0.303 e. The molecule has 3 aromatic carbocycles. The lowest BCUT2D eigenvalue weighted by atomic mass is 9.78. The molecule has 2 aliphatic heterocycles. The number of hydrogen-bond acceptors (Lipinski definition) is 10. The number of amides is 1. The van der Waals surface area contributed by atoms with Crippen molar-refractivity contribution < 1.29 is 52.0 Å². The number of esters is 4. The van der Waals surface area contributed by atoms with Crippen LogP contribution in [0.1, 0.15) is 63.3 Å². The van der Waals surface area contributed by atoms with Gasteiger partial charge in [0, 0.05) is 39.8 Å². The molecule has 7 atom stereocenters. The van der Waals surface area contributed by atoms with Gasteiger partial charge in [-0.15, -0.1) is 0 Å². The molecule has 1 amide bonds. The molecule has 0 radical (unpaired) electrons. The van der Waals surface area contributed by atoms with E-state index in [1.165, 1.54) is 39.8 Å². The van der Waals surface area contributed by atoms with Gasteiger partial charge >= 0.3 is 23.9 Å². The topological polar surface area (TPSA) is 135 Å². The van der Waals surface area contributed by atoms with Crippen molar-refractivity contribution in [3.05, 3.63) is 101 Å². The second kappa shape index (κ2) is 16.7. The third kappa shape index (κ3) is 9.37. The summed E-state index contributed by atoms with van der Waals surface area (Å²) in [5.41, 5.74) is 3.51. The van der Waals surface area contributed by atoms with E-state index in [2.05, 4.69) is 0 Å². The number of carbonyl (C=O) groups is 5. The number of rotatable bonds is 13. The lowest BCUT2D eigenvalue weighted by Gasteiger charge is -2.48. The largest absolute Gasteiger partial charge is 0.463 e. The Balaban J connectivity index is 1.38. The van der Waals surface area contributed by atoms with Crippen LogP contribution in [0.4, 0.5) is 10.1 Å². The number of β-lactam (4-membered cyclic amide) rings is 1. The summed E-state index contributed by atoms with van der Waals surface area (Å²) in [6.07, 6.45) is -3.25. The Hall–Kier alpha value is -5.10. The maximum absolute atomic E-state index is 13.5. The van der Waals surface area contributed by atoms with Crippen LogP contribution in [0.5, 0.6) is 0 Å². The first-order valence-corrected chi connectivity index (χ1v) is 16.9. The highest BCUT2D eigenvalue weighted by Crippen LogP contribution is 2.46. The summed E-state index contributed by atoms with van der Waals surface area (Å²) in [6.45, 7) is 4.48. The Bertz CT molecular complexity index is 1700. The zero-order valence-corrected chi connectivity index (χ0v) is 29.0. The van der Waals surface area contributed by atoms with Crippen molar-refractivity contribution in [2.75, 3.05) is 11.5 Å². The minimum absolute atomic E-state index is 0.0341. The van der Waals surface area contributed by atoms with Crippen molar-refractivity contribution in [1.29, 1.82) is 0 Å². The van der Waals surface area contributed by atoms with Crippen LogP contribution in [-0.2, 0) is 60.5 Å². The molecule has 11 nitrogen and oxygen atoms in total. The first-order valence-electron chi connectivity index (χ1n) is 16.9. The van der Waals surface area contributed by atoms with E-state index < -0.39 is 54.4 Å². The molecule has 0 saturated carbocycles. The highest BCUT2D eigenvalue weighted by molar-refractivity contribution is 6.03. The normalized spacial score (nSPS) is 24.2. The number of benzene rings is 3. The fourth-order valence-corrected chi connectivity index (χ4v) is 6.83. The molecule has 270 valence electrons. The maximum Gasteiger partial charge on any atom is 0.303 e. The molecule has 12 heteroatoms. The fourth-order valence-electron chi connectivity index (χ4n) is 6.83. The van der Waals surface area contributed by atoms with Gasteiger partial charge in [0.2, 0.25) is 5.91 Å². The summed E-state index contributed by atoms with van der Waals surface area (Å²) in [5, 5.41) is 0. The van der Waals surface area contributed by atoms with Crippen LogP contribution in [0.25, 0.3) is 0 Å². The number of anilines is 1. The number of para-hydroxylation sites is 1. The molecule has 7 unspecified atom stereocenters. The SMILES string of the molecule is CC(=O)OCC1OC(Cc2ccc(C3C(CCCc4ccc(F)cc4)C(=O)N3c3ccccc3)cc2)C(OC(C)=O)C(OC(C)=O)C1OC(C)=O. The van der Waals surface area contributed by atoms with E-state index >= 15 is 0 Å². The lowest BCUT2D eigenvalue weighted by Crippen LogP contribution is -2.62. The molecule has 0 aromatic heterocycles. The Kier molecular flexibility index (Phi) is 12.2. The van der Waals surface area contributed by atoms with Crippen LogP contribution in [0.3, 0.4) is 0 Å². The van der Waals surface area contributed by atoms with Crippen LogP contribution in [0.2, 0.25) is 0 Å². The van der Waals surface area contributed by atoms with E-state index in [4.69, 9.17) is 23.7 Å². The Morgan fingerprint density at radius 2 is 1.27 bits per heavy atom.